The van der Waals surface area contributed by atoms with E-state index in [-0.39, 0.29) is 14.9 Å². The molecule has 3 rings (SSSR count). The predicted octanol–water partition coefficient (Wildman–Crippen LogP) is 3.57. The van der Waals surface area contributed by atoms with E-state index in [1.807, 2.05) is 0 Å². The number of anilines is 1. The molecular formula is C14H11Cl2NO4S. The Labute approximate surface area is 137 Å². The second kappa shape index (κ2) is 5.87. The van der Waals surface area contributed by atoms with Crippen LogP contribution in [0, 0.1) is 0 Å². The Morgan fingerprint density at radius 1 is 0.955 bits per heavy atom. The number of hydrogen-bond acceptors (Lipinski definition) is 4. The van der Waals surface area contributed by atoms with Gasteiger partial charge in [0.05, 0.1) is 10.7 Å². The number of fused-ring (bicyclic) bond motifs is 1. The van der Waals surface area contributed by atoms with Gasteiger partial charge in [-0.3, -0.25) is 4.72 Å². The lowest BCUT2D eigenvalue weighted by atomic mass is 10.3. The van der Waals surface area contributed by atoms with E-state index >= 15 is 0 Å². The second-order valence-corrected chi connectivity index (χ2v) is 7.03. The minimum atomic E-state index is -3.86. The van der Waals surface area contributed by atoms with E-state index in [1.54, 1.807) is 18.2 Å². The van der Waals surface area contributed by atoms with Crippen molar-refractivity contribution in [1.82, 2.24) is 0 Å². The van der Waals surface area contributed by atoms with Crippen molar-refractivity contribution in [3.8, 4) is 11.5 Å². The molecule has 0 aromatic heterocycles. The van der Waals surface area contributed by atoms with Crippen LogP contribution in [0.25, 0.3) is 0 Å². The van der Waals surface area contributed by atoms with Crippen LogP contribution in [0.1, 0.15) is 0 Å². The number of sulfonamides is 1. The Bertz CT molecular complexity index is 824. The lowest BCUT2D eigenvalue weighted by Gasteiger charge is -2.19. The predicted molar refractivity (Wildman–Crippen MR) is 84.7 cm³/mol. The van der Waals surface area contributed by atoms with E-state index < -0.39 is 10.0 Å². The van der Waals surface area contributed by atoms with Gasteiger partial charge in [-0.2, -0.15) is 0 Å². The van der Waals surface area contributed by atoms with E-state index in [9.17, 15) is 8.42 Å². The average molecular weight is 360 g/mol. The van der Waals surface area contributed by atoms with Crippen LogP contribution >= 0.6 is 23.2 Å². The molecule has 1 heterocycles. The number of ether oxygens (including phenoxy) is 2. The minimum Gasteiger partial charge on any atom is -0.486 e. The van der Waals surface area contributed by atoms with Gasteiger partial charge in [-0.15, -0.1) is 0 Å². The van der Waals surface area contributed by atoms with Crippen molar-refractivity contribution in [2.75, 3.05) is 17.9 Å². The van der Waals surface area contributed by atoms with Crippen molar-refractivity contribution in [3.63, 3.8) is 0 Å². The van der Waals surface area contributed by atoms with Gasteiger partial charge >= 0.3 is 0 Å². The zero-order valence-electron chi connectivity index (χ0n) is 11.2. The molecule has 1 aliphatic rings. The molecule has 8 heteroatoms. The molecule has 0 atom stereocenters. The van der Waals surface area contributed by atoms with Crippen LogP contribution in [0.4, 0.5) is 5.69 Å². The molecule has 0 unspecified atom stereocenters. The van der Waals surface area contributed by atoms with E-state index in [1.165, 1.54) is 18.2 Å². The van der Waals surface area contributed by atoms with Gasteiger partial charge in [-0.25, -0.2) is 8.42 Å². The Kier molecular flexibility index (Phi) is 4.08. The Morgan fingerprint density at radius 2 is 1.68 bits per heavy atom. The maximum Gasteiger partial charge on any atom is 0.263 e. The molecule has 0 radical (unpaired) electrons. The summed E-state index contributed by atoms with van der Waals surface area (Å²) in [6.07, 6.45) is 0. The van der Waals surface area contributed by atoms with Gasteiger partial charge in [0.1, 0.15) is 18.1 Å². The van der Waals surface area contributed by atoms with Crippen LogP contribution in [-0.2, 0) is 10.0 Å². The fourth-order valence-corrected chi connectivity index (χ4v) is 3.81. The van der Waals surface area contributed by atoms with Crippen LogP contribution in [0.2, 0.25) is 10.0 Å². The highest BCUT2D eigenvalue weighted by Gasteiger charge is 2.20. The molecule has 1 N–H and O–H groups in total. The van der Waals surface area contributed by atoms with Gasteiger partial charge in [0.15, 0.2) is 11.5 Å². The molecule has 0 bridgehead atoms. The third-order valence-electron chi connectivity index (χ3n) is 2.98. The Hall–Kier alpha value is -1.63. The summed E-state index contributed by atoms with van der Waals surface area (Å²) in [5.74, 6) is 1.07. The SMILES string of the molecule is O=S(=O)(Nc1ccc2c(c1)OCCO2)c1cc(Cl)ccc1Cl. The first-order valence-electron chi connectivity index (χ1n) is 6.33. The number of halogens is 2. The normalized spacial score (nSPS) is 13.7. The summed E-state index contributed by atoms with van der Waals surface area (Å²) in [5.41, 5.74) is 0.347. The van der Waals surface area contributed by atoms with Gasteiger partial charge in [0.2, 0.25) is 0 Å². The molecule has 2 aromatic carbocycles. The van der Waals surface area contributed by atoms with E-state index in [4.69, 9.17) is 32.7 Å². The van der Waals surface area contributed by atoms with Gasteiger partial charge in [0, 0.05) is 11.1 Å². The summed E-state index contributed by atoms with van der Waals surface area (Å²) in [5, 5.41) is 0.376. The molecule has 0 fully saturated rings. The number of rotatable bonds is 3. The lowest BCUT2D eigenvalue weighted by Crippen LogP contribution is -2.17. The number of benzene rings is 2. The molecule has 0 amide bonds. The highest BCUT2D eigenvalue weighted by atomic mass is 35.5. The molecule has 0 saturated heterocycles. The zero-order chi connectivity index (χ0) is 15.7. The smallest absolute Gasteiger partial charge is 0.263 e. The van der Waals surface area contributed by atoms with Crippen molar-refractivity contribution in [3.05, 3.63) is 46.4 Å². The first-order chi connectivity index (χ1) is 10.5. The van der Waals surface area contributed by atoms with Crippen LogP contribution in [0.3, 0.4) is 0 Å². The molecule has 22 heavy (non-hydrogen) atoms. The topological polar surface area (TPSA) is 64.6 Å². The largest absolute Gasteiger partial charge is 0.486 e. The van der Waals surface area contributed by atoms with Crippen molar-refractivity contribution >= 4 is 38.9 Å². The quantitative estimate of drug-likeness (QED) is 0.909. The van der Waals surface area contributed by atoms with Crippen molar-refractivity contribution in [1.29, 1.82) is 0 Å². The maximum absolute atomic E-state index is 12.4. The summed E-state index contributed by atoms with van der Waals surface area (Å²) >= 11 is 11.8. The van der Waals surface area contributed by atoms with Gasteiger partial charge in [-0.05, 0) is 30.3 Å². The number of nitrogens with one attached hydrogen (secondary N) is 1. The zero-order valence-corrected chi connectivity index (χ0v) is 13.5. The van der Waals surface area contributed by atoms with Gasteiger partial charge in [0.25, 0.3) is 10.0 Å². The fraction of sp³-hybridized carbons (Fsp3) is 0.143. The molecule has 116 valence electrons. The molecule has 5 nitrogen and oxygen atoms in total. The fourth-order valence-electron chi connectivity index (χ4n) is 2.00. The maximum atomic E-state index is 12.4. The summed E-state index contributed by atoms with van der Waals surface area (Å²) in [6, 6.07) is 9.04. The molecule has 0 aliphatic carbocycles. The standard InChI is InChI=1S/C14H11Cl2NO4S/c15-9-1-3-11(16)14(7-9)22(18,19)17-10-2-4-12-13(8-10)21-6-5-20-12/h1-4,7-8,17H,5-6H2. The molecule has 2 aromatic rings. The monoisotopic (exact) mass is 359 g/mol. The highest BCUT2D eigenvalue weighted by Crippen LogP contribution is 2.34. The Balaban J connectivity index is 1.93. The summed E-state index contributed by atoms with van der Waals surface area (Å²) in [6.45, 7) is 0.888. The van der Waals surface area contributed by atoms with Crippen molar-refractivity contribution in [2.45, 2.75) is 4.90 Å². The van der Waals surface area contributed by atoms with Crippen molar-refractivity contribution in [2.24, 2.45) is 0 Å². The summed E-state index contributed by atoms with van der Waals surface area (Å²) < 4.78 is 38.1. The molecule has 0 spiro atoms. The van der Waals surface area contributed by atoms with Crippen LogP contribution in [0.15, 0.2) is 41.3 Å². The van der Waals surface area contributed by atoms with E-state index in [0.29, 0.717) is 30.4 Å². The number of hydrogen-bond donors (Lipinski definition) is 1. The summed E-state index contributed by atoms with van der Waals surface area (Å²) in [4.78, 5) is -0.0865. The minimum absolute atomic E-state index is 0.0865. The van der Waals surface area contributed by atoms with E-state index in [0.717, 1.165) is 0 Å². The third kappa shape index (κ3) is 3.09. The van der Waals surface area contributed by atoms with Gasteiger partial charge < -0.3 is 9.47 Å². The lowest BCUT2D eigenvalue weighted by molar-refractivity contribution is 0.171. The highest BCUT2D eigenvalue weighted by molar-refractivity contribution is 7.92. The van der Waals surface area contributed by atoms with Crippen LogP contribution in [0.5, 0.6) is 11.5 Å². The first-order valence-corrected chi connectivity index (χ1v) is 8.57. The van der Waals surface area contributed by atoms with Crippen LogP contribution in [-0.4, -0.2) is 21.6 Å². The third-order valence-corrected chi connectivity index (χ3v) is 5.08. The molecule has 1 aliphatic heterocycles. The second-order valence-electron chi connectivity index (χ2n) is 4.54. The van der Waals surface area contributed by atoms with Crippen molar-refractivity contribution < 1.29 is 17.9 Å². The average Bonchev–Trinajstić information content (AvgIpc) is 2.49. The van der Waals surface area contributed by atoms with Gasteiger partial charge in [-0.1, -0.05) is 23.2 Å². The van der Waals surface area contributed by atoms with E-state index in [2.05, 4.69) is 4.72 Å². The molecular weight excluding hydrogens is 349 g/mol. The Morgan fingerprint density at radius 3 is 2.45 bits per heavy atom. The summed E-state index contributed by atoms with van der Waals surface area (Å²) in [7, 11) is -3.86. The molecule has 0 saturated carbocycles. The first kappa shape index (κ1) is 15.3. The van der Waals surface area contributed by atoms with Crippen LogP contribution < -0.4 is 14.2 Å².